The Hall–Kier alpha value is -1.16. The fourth-order valence-electron chi connectivity index (χ4n) is 1.21. The smallest absolute Gasteiger partial charge is 0.147 e. The molecule has 4 nitrogen and oxygen atoms in total. The molecule has 0 amide bonds. The quantitative estimate of drug-likeness (QED) is 0.590. The second-order valence-corrected chi connectivity index (χ2v) is 2.60. The Morgan fingerprint density at radius 3 is 2.92 bits per heavy atom. The number of morpholine rings is 1. The molecule has 1 aliphatic rings. The Bertz CT molecular complexity index is 233. The van der Waals surface area contributed by atoms with Crippen LogP contribution >= 0.6 is 0 Å². The number of hydrogen-bond acceptors (Lipinski definition) is 4. The van der Waals surface area contributed by atoms with Gasteiger partial charge in [0.1, 0.15) is 12.0 Å². The predicted molar refractivity (Wildman–Crippen MR) is 43.9 cm³/mol. The molecule has 2 rings (SSSR count). The average Bonchev–Trinajstić information content (AvgIpc) is 2.21. The lowest BCUT2D eigenvalue weighted by atomic mass is 10.4. The van der Waals surface area contributed by atoms with Crippen LogP contribution in [-0.2, 0) is 4.74 Å². The monoisotopic (exact) mass is 164 g/mol. The van der Waals surface area contributed by atoms with Crippen molar-refractivity contribution in [1.29, 1.82) is 0 Å². The molecule has 1 aliphatic heterocycles. The molecular formula is C8H10N3O. The molecule has 1 aromatic heterocycles. The topological polar surface area (TPSA) is 38.2 Å². The SMILES string of the molecule is [c]1cnc(N2CCOCC2)cn1. The molecule has 4 heteroatoms. The fraction of sp³-hybridized carbons (Fsp3) is 0.500. The van der Waals surface area contributed by atoms with Gasteiger partial charge in [-0.2, -0.15) is 0 Å². The summed E-state index contributed by atoms with van der Waals surface area (Å²) in [6.45, 7) is 3.36. The molecule has 63 valence electrons. The maximum atomic E-state index is 5.22. The minimum absolute atomic E-state index is 0.778. The van der Waals surface area contributed by atoms with E-state index in [1.807, 2.05) is 0 Å². The van der Waals surface area contributed by atoms with Crippen molar-refractivity contribution in [1.82, 2.24) is 9.97 Å². The van der Waals surface area contributed by atoms with Gasteiger partial charge in [-0.25, -0.2) is 9.97 Å². The average molecular weight is 164 g/mol. The zero-order valence-corrected chi connectivity index (χ0v) is 6.73. The minimum atomic E-state index is 0.778. The van der Waals surface area contributed by atoms with Crippen LogP contribution < -0.4 is 4.90 Å². The van der Waals surface area contributed by atoms with E-state index in [0.29, 0.717) is 0 Å². The maximum absolute atomic E-state index is 5.22. The van der Waals surface area contributed by atoms with Gasteiger partial charge >= 0.3 is 0 Å². The zero-order valence-electron chi connectivity index (χ0n) is 6.73. The highest BCUT2D eigenvalue weighted by Crippen LogP contribution is 2.08. The lowest BCUT2D eigenvalue weighted by Gasteiger charge is -2.27. The summed E-state index contributed by atoms with van der Waals surface area (Å²) in [7, 11) is 0. The van der Waals surface area contributed by atoms with Crippen molar-refractivity contribution in [2.75, 3.05) is 31.2 Å². The highest BCUT2D eigenvalue weighted by Gasteiger charge is 2.11. The van der Waals surface area contributed by atoms with Crippen molar-refractivity contribution >= 4 is 5.82 Å². The van der Waals surface area contributed by atoms with Crippen LogP contribution in [0.3, 0.4) is 0 Å². The lowest BCUT2D eigenvalue weighted by molar-refractivity contribution is 0.122. The molecular weight excluding hydrogens is 154 g/mol. The third-order valence-electron chi connectivity index (χ3n) is 1.84. The first-order chi connectivity index (χ1) is 5.97. The van der Waals surface area contributed by atoms with E-state index in [4.69, 9.17) is 4.74 Å². The zero-order chi connectivity index (χ0) is 8.23. The lowest BCUT2D eigenvalue weighted by Crippen LogP contribution is -2.36. The number of aromatic nitrogens is 2. The van der Waals surface area contributed by atoms with Crippen LogP contribution in [0.25, 0.3) is 0 Å². The molecule has 1 fully saturated rings. The summed E-state index contributed by atoms with van der Waals surface area (Å²) in [5.41, 5.74) is 0. The molecule has 0 N–H and O–H groups in total. The van der Waals surface area contributed by atoms with Gasteiger partial charge in [-0.3, -0.25) is 0 Å². The van der Waals surface area contributed by atoms with E-state index >= 15 is 0 Å². The molecule has 0 aromatic carbocycles. The molecule has 1 radical (unpaired) electrons. The first-order valence-corrected chi connectivity index (χ1v) is 3.97. The van der Waals surface area contributed by atoms with Crippen molar-refractivity contribution in [3.05, 3.63) is 18.6 Å². The van der Waals surface area contributed by atoms with Crippen molar-refractivity contribution in [3.8, 4) is 0 Å². The summed E-state index contributed by atoms with van der Waals surface area (Å²) in [4.78, 5) is 10.2. The molecule has 1 aromatic rings. The molecule has 1 saturated heterocycles. The maximum Gasteiger partial charge on any atom is 0.147 e. The largest absolute Gasteiger partial charge is 0.378 e. The van der Waals surface area contributed by atoms with Gasteiger partial charge in [0.25, 0.3) is 0 Å². The third-order valence-corrected chi connectivity index (χ3v) is 1.84. The molecule has 12 heavy (non-hydrogen) atoms. The van der Waals surface area contributed by atoms with Gasteiger partial charge in [0.2, 0.25) is 0 Å². The van der Waals surface area contributed by atoms with Gasteiger partial charge in [0, 0.05) is 13.1 Å². The molecule has 0 saturated carbocycles. The fourth-order valence-corrected chi connectivity index (χ4v) is 1.21. The van der Waals surface area contributed by atoms with Crippen LogP contribution in [0.2, 0.25) is 0 Å². The van der Waals surface area contributed by atoms with Crippen LogP contribution in [0.5, 0.6) is 0 Å². The van der Waals surface area contributed by atoms with Crippen molar-refractivity contribution in [2.24, 2.45) is 0 Å². The summed E-state index contributed by atoms with van der Waals surface area (Å²) in [5.74, 6) is 0.914. The van der Waals surface area contributed by atoms with Crippen LogP contribution in [0.15, 0.2) is 12.4 Å². The Balaban J connectivity index is 2.08. The van der Waals surface area contributed by atoms with Crippen LogP contribution in [0.4, 0.5) is 5.82 Å². The Labute approximate surface area is 71.2 Å². The number of nitrogens with zero attached hydrogens (tertiary/aromatic N) is 3. The van der Waals surface area contributed by atoms with Gasteiger partial charge in [-0.15, -0.1) is 0 Å². The summed E-state index contributed by atoms with van der Waals surface area (Å²) < 4.78 is 5.22. The Morgan fingerprint density at radius 1 is 1.42 bits per heavy atom. The first kappa shape index (κ1) is 7.49. The first-order valence-electron chi connectivity index (χ1n) is 3.97. The van der Waals surface area contributed by atoms with E-state index in [1.54, 1.807) is 12.4 Å². The Kier molecular flexibility index (Phi) is 2.18. The van der Waals surface area contributed by atoms with E-state index in [0.717, 1.165) is 32.1 Å². The summed E-state index contributed by atoms with van der Waals surface area (Å²) in [6, 6.07) is 0. The Morgan fingerprint density at radius 2 is 2.25 bits per heavy atom. The third kappa shape index (κ3) is 1.53. The van der Waals surface area contributed by atoms with Gasteiger partial charge in [0.15, 0.2) is 0 Å². The van der Waals surface area contributed by atoms with Crippen molar-refractivity contribution < 1.29 is 4.74 Å². The van der Waals surface area contributed by atoms with E-state index < -0.39 is 0 Å². The van der Waals surface area contributed by atoms with Gasteiger partial charge in [0.05, 0.1) is 25.6 Å². The normalized spacial score (nSPS) is 17.8. The highest BCUT2D eigenvalue weighted by atomic mass is 16.5. The number of anilines is 1. The summed E-state index contributed by atoms with van der Waals surface area (Å²) >= 11 is 0. The molecule has 0 spiro atoms. The van der Waals surface area contributed by atoms with Crippen LogP contribution in [-0.4, -0.2) is 36.3 Å². The molecule has 2 heterocycles. The predicted octanol–water partition coefficient (Wildman–Crippen LogP) is 0.113. The number of ether oxygens (including phenoxy) is 1. The standard InChI is InChI=1S/C8H10N3O/c1-2-10-8(7-9-1)11-3-5-12-6-4-11/h2,7H,3-6H2. The van der Waals surface area contributed by atoms with Crippen molar-refractivity contribution in [3.63, 3.8) is 0 Å². The van der Waals surface area contributed by atoms with Gasteiger partial charge in [-0.1, -0.05) is 0 Å². The molecule has 0 bridgehead atoms. The van der Waals surface area contributed by atoms with Crippen LogP contribution in [0, 0.1) is 6.20 Å². The highest BCUT2D eigenvalue weighted by molar-refractivity contribution is 5.34. The molecule has 0 atom stereocenters. The van der Waals surface area contributed by atoms with Gasteiger partial charge < -0.3 is 9.64 Å². The van der Waals surface area contributed by atoms with E-state index in [-0.39, 0.29) is 0 Å². The minimum Gasteiger partial charge on any atom is -0.378 e. The van der Waals surface area contributed by atoms with Gasteiger partial charge in [-0.05, 0) is 0 Å². The second-order valence-electron chi connectivity index (χ2n) is 2.60. The summed E-state index contributed by atoms with van der Waals surface area (Å²) in [6.07, 6.45) is 5.97. The molecule has 0 unspecified atom stereocenters. The van der Waals surface area contributed by atoms with E-state index in [1.165, 1.54) is 0 Å². The second kappa shape index (κ2) is 3.49. The van der Waals surface area contributed by atoms with E-state index in [9.17, 15) is 0 Å². The van der Waals surface area contributed by atoms with E-state index in [2.05, 4.69) is 21.1 Å². The van der Waals surface area contributed by atoms with Crippen LogP contribution in [0.1, 0.15) is 0 Å². The summed E-state index contributed by atoms with van der Waals surface area (Å²) in [5, 5.41) is 0. The number of rotatable bonds is 1. The molecule has 0 aliphatic carbocycles. The van der Waals surface area contributed by atoms with Crippen molar-refractivity contribution in [2.45, 2.75) is 0 Å². The number of hydrogen-bond donors (Lipinski definition) is 0.